The molecule has 0 radical (unpaired) electrons. The number of fused-ring (bicyclic) bond motifs is 1. The molecule has 0 saturated heterocycles. The molecule has 0 amide bonds. The summed E-state index contributed by atoms with van der Waals surface area (Å²) in [6, 6.07) is 10.1. The highest BCUT2D eigenvalue weighted by atomic mass is 32.2. The molecular weight excluding hydrogens is 200 g/mol. The topological polar surface area (TPSA) is 60.4 Å². The van der Waals surface area contributed by atoms with E-state index in [0.717, 1.165) is 5.39 Å². The summed E-state index contributed by atoms with van der Waals surface area (Å²) in [5.74, 6) is -0.211. The highest BCUT2D eigenvalue weighted by Gasteiger charge is 2.06. The normalized spacial score (nSPS) is 12.9. The van der Waals surface area contributed by atoms with Crippen LogP contribution in [0.1, 0.15) is 0 Å². The van der Waals surface area contributed by atoms with E-state index in [2.05, 4.69) is 0 Å². The second-order valence-electron chi connectivity index (χ2n) is 2.87. The minimum atomic E-state index is -2.42. The molecule has 1 N–H and O–H groups in total. The number of benzene rings is 2. The Balaban J connectivity index is 2.90. The fourth-order valence-electron chi connectivity index (χ4n) is 1.41. The minimum absolute atomic E-state index is 0.0388. The van der Waals surface area contributed by atoms with Crippen molar-refractivity contribution >= 4 is 21.9 Å². The number of phenolic OH excluding ortho intramolecular Hbond substituents is 1. The number of rotatable bonds is 1. The molecule has 72 valence electrons. The summed E-state index contributed by atoms with van der Waals surface area (Å²) in [4.78, 5) is -0.0388. The average molecular weight is 207 g/mol. The summed E-state index contributed by atoms with van der Waals surface area (Å²) in [6.45, 7) is 0. The first-order chi connectivity index (χ1) is 6.70. The van der Waals surface area contributed by atoms with Gasteiger partial charge in [-0.05, 0) is 22.5 Å². The predicted molar refractivity (Wildman–Crippen MR) is 52.8 cm³/mol. The Labute approximate surface area is 83.3 Å². The standard InChI is InChI=1S/C10H8O3S/c11-9-6-5-7-3-1-2-4-8(7)10(9)14(12)13/h1-6,11H,(H,12,13)/p-1. The van der Waals surface area contributed by atoms with Gasteiger partial charge in [0, 0.05) is 5.39 Å². The zero-order chi connectivity index (χ0) is 10.1. The molecule has 0 aliphatic rings. The Morgan fingerprint density at radius 2 is 1.86 bits per heavy atom. The second-order valence-corrected chi connectivity index (χ2v) is 3.75. The van der Waals surface area contributed by atoms with E-state index in [4.69, 9.17) is 0 Å². The van der Waals surface area contributed by atoms with Crippen LogP contribution in [0.25, 0.3) is 10.8 Å². The van der Waals surface area contributed by atoms with Gasteiger partial charge >= 0.3 is 0 Å². The van der Waals surface area contributed by atoms with Gasteiger partial charge in [-0.2, -0.15) is 0 Å². The maximum Gasteiger partial charge on any atom is 0.131 e. The molecule has 0 aromatic heterocycles. The third-order valence-corrected chi connectivity index (χ3v) is 2.79. The fourth-order valence-corrected chi connectivity index (χ4v) is 2.01. The first-order valence-electron chi connectivity index (χ1n) is 4.00. The lowest BCUT2D eigenvalue weighted by Crippen LogP contribution is -1.91. The molecule has 1 atom stereocenters. The Morgan fingerprint density at radius 3 is 2.57 bits per heavy atom. The third kappa shape index (κ3) is 1.38. The van der Waals surface area contributed by atoms with E-state index < -0.39 is 11.1 Å². The van der Waals surface area contributed by atoms with Crippen LogP contribution in [-0.2, 0) is 11.1 Å². The molecule has 3 nitrogen and oxygen atoms in total. The van der Waals surface area contributed by atoms with E-state index in [-0.39, 0.29) is 10.6 Å². The Bertz CT molecular complexity index is 508. The van der Waals surface area contributed by atoms with Gasteiger partial charge in [-0.15, -0.1) is 0 Å². The van der Waals surface area contributed by atoms with Crippen molar-refractivity contribution in [3.63, 3.8) is 0 Å². The van der Waals surface area contributed by atoms with Crippen molar-refractivity contribution in [3.05, 3.63) is 36.4 Å². The van der Waals surface area contributed by atoms with Crippen molar-refractivity contribution < 1.29 is 13.9 Å². The summed E-state index contributed by atoms with van der Waals surface area (Å²) < 4.78 is 21.8. The lowest BCUT2D eigenvalue weighted by Gasteiger charge is -2.10. The van der Waals surface area contributed by atoms with Crippen LogP contribution in [0.15, 0.2) is 41.3 Å². The van der Waals surface area contributed by atoms with Crippen molar-refractivity contribution in [3.8, 4) is 5.75 Å². The van der Waals surface area contributed by atoms with Gasteiger partial charge in [-0.1, -0.05) is 30.3 Å². The maximum absolute atomic E-state index is 10.9. The summed E-state index contributed by atoms with van der Waals surface area (Å²) >= 11 is -2.42. The van der Waals surface area contributed by atoms with E-state index in [9.17, 15) is 13.9 Å². The lowest BCUT2D eigenvalue weighted by atomic mass is 10.1. The molecule has 2 aromatic carbocycles. The SMILES string of the molecule is O=S([O-])c1c(O)ccc2ccccc12. The van der Waals surface area contributed by atoms with Gasteiger partial charge in [0.05, 0.1) is 4.90 Å². The first-order valence-corrected chi connectivity index (χ1v) is 5.07. The van der Waals surface area contributed by atoms with Crippen LogP contribution in [0.4, 0.5) is 0 Å². The van der Waals surface area contributed by atoms with Gasteiger partial charge < -0.3 is 9.66 Å². The van der Waals surface area contributed by atoms with Crippen LogP contribution in [-0.4, -0.2) is 13.9 Å². The van der Waals surface area contributed by atoms with E-state index in [0.29, 0.717) is 5.39 Å². The highest BCUT2D eigenvalue weighted by molar-refractivity contribution is 7.79. The number of aromatic hydroxyl groups is 1. The third-order valence-electron chi connectivity index (χ3n) is 2.03. The molecule has 0 bridgehead atoms. The Morgan fingerprint density at radius 1 is 1.14 bits per heavy atom. The van der Waals surface area contributed by atoms with E-state index in [1.165, 1.54) is 6.07 Å². The smallest absolute Gasteiger partial charge is 0.131 e. The van der Waals surface area contributed by atoms with E-state index in [1.54, 1.807) is 24.3 Å². The quantitative estimate of drug-likeness (QED) is 0.725. The number of hydrogen-bond donors (Lipinski definition) is 1. The molecule has 0 aliphatic carbocycles. The van der Waals surface area contributed by atoms with Crippen LogP contribution in [0, 0.1) is 0 Å². The highest BCUT2D eigenvalue weighted by Crippen LogP contribution is 2.29. The van der Waals surface area contributed by atoms with Gasteiger partial charge in [0.15, 0.2) is 0 Å². The van der Waals surface area contributed by atoms with Crippen LogP contribution in [0.3, 0.4) is 0 Å². The molecule has 0 spiro atoms. The van der Waals surface area contributed by atoms with Gasteiger partial charge in [0.25, 0.3) is 0 Å². The van der Waals surface area contributed by atoms with Gasteiger partial charge in [0.1, 0.15) is 5.75 Å². The first kappa shape index (κ1) is 9.18. The molecule has 0 heterocycles. The lowest BCUT2D eigenvalue weighted by molar-refractivity contribution is 0.457. The van der Waals surface area contributed by atoms with Gasteiger partial charge in [0.2, 0.25) is 0 Å². The molecule has 2 aromatic rings. The second kappa shape index (κ2) is 3.40. The molecule has 0 fully saturated rings. The van der Waals surface area contributed by atoms with Crippen molar-refractivity contribution in [2.45, 2.75) is 4.90 Å². The summed E-state index contributed by atoms with van der Waals surface area (Å²) in [5, 5.41) is 10.7. The Hall–Kier alpha value is -1.39. The summed E-state index contributed by atoms with van der Waals surface area (Å²) in [5.41, 5.74) is 0. The number of phenols is 1. The average Bonchev–Trinajstić information content (AvgIpc) is 2.17. The summed E-state index contributed by atoms with van der Waals surface area (Å²) in [6.07, 6.45) is 0. The molecule has 2 rings (SSSR count). The van der Waals surface area contributed by atoms with Crippen molar-refractivity contribution in [1.82, 2.24) is 0 Å². The van der Waals surface area contributed by atoms with Crippen molar-refractivity contribution in [2.75, 3.05) is 0 Å². The molecule has 1 unspecified atom stereocenters. The molecule has 14 heavy (non-hydrogen) atoms. The number of hydrogen-bond acceptors (Lipinski definition) is 3. The molecule has 0 aliphatic heterocycles. The van der Waals surface area contributed by atoms with Crippen LogP contribution >= 0.6 is 0 Å². The van der Waals surface area contributed by atoms with E-state index >= 15 is 0 Å². The Kier molecular flexibility index (Phi) is 2.23. The zero-order valence-corrected chi connectivity index (χ0v) is 7.95. The maximum atomic E-state index is 10.9. The fraction of sp³-hybridized carbons (Fsp3) is 0. The van der Waals surface area contributed by atoms with Crippen LogP contribution in [0.2, 0.25) is 0 Å². The van der Waals surface area contributed by atoms with Crippen molar-refractivity contribution in [1.29, 1.82) is 0 Å². The molecule has 0 saturated carbocycles. The predicted octanol–water partition coefficient (Wildman–Crippen LogP) is 1.78. The van der Waals surface area contributed by atoms with Crippen LogP contribution < -0.4 is 0 Å². The summed E-state index contributed by atoms with van der Waals surface area (Å²) in [7, 11) is 0. The zero-order valence-electron chi connectivity index (χ0n) is 7.14. The van der Waals surface area contributed by atoms with Gasteiger partial charge in [-0.3, -0.25) is 4.21 Å². The van der Waals surface area contributed by atoms with Crippen molar-refractivity contribution in [2.24, 2.45) is 0 Å². The molecular formula is C10H7O3S-. The van der Waals surface area contributed by atoms with Gasteiger partial charge in [-0.25, -0.2) is 0 Å². The largest absolute Gasteiger partial charge is 0.768 e. The van der Waals surface area contributed by atoms with E-state index in [1.807, 2.05) is 6.07 Å². The minimum Gasteiger partial charge on any atom is -0.768 e. The molecule has 4 heteroatoms. The van der Waals surface area contributed by atoms with Crippen LogP contribution in [0.5, 0.6) is 5.75 Å². The monoisotopic (exact) mass is 207 g/mol.